The molecule has 1 amide bonds. The molecule has 11 heteroatoms. The molecule has 0 bridgehead atoms. The molecule has 0 unspecified atom stereocenters. The minimum Gasteiger partial charge on any atom is -0.383 e. The van der Waals surface area contributed by atoms with Crippen LogP contribution in [0.25, 0.3) is 11.0 Å². The van der Waals surface area contributed by atoms with E-state index in [4.69, 9.17) is 4.74 Å². The van der Waals surface area contributed by atoms with Crippen molar-refractivity contribution < 1.29 is 22.7 Å². The number of nitrogens with one attached hydrogen (secondary N) is 4. The van der Waals surface area contributed by atoms with Crippen LogP contribution < -0.4 is 16.0 Å². The number of hydrogen-bond acceptors (Lipinski definition) is 6. The maximum atomic E-state index is 12.5. The summed E-state index contributed by atoms with van der Waals surface area (Å²) in [6.07, 6.45) is -2.81. The first-order valence-electron chi connectivity index (χ1n) is 8.66. The smallest absolute Gasteiger partial charge is 0.383 e. The molecule has 29 heavy (non-hydrogen) atoms. The van der Waals surface area contributed by atoms with Crippen LogP contribution in [0, 0.1) is 0 Å². The number of amides is 1. The minimum absolute atomic E-state index is 0.0604. The summed E-state index contributed by atoms with van der Waals surface area (Å²) >= 11 is 0. The average Bonchev–Trinajstić information content (AvgIpc) is 3.15. The van der Waals surface area contributed by atoms with E-state index >= 15 is 0 Å². The van der Waals surface area contributed by atoms with Gasteiger partial charge in [-0.15, -0.1) is 0 Å². The lowest BCUT2D eigenvalue weighted by Crippen LogP contribution is -2.26. The summed E-state index contributed by atoms with van der Waals surface area (Å²) in [5.41, 5.74) is 1.42. The van der Waals surface area contributed by atoms with Crippen LogP contribution in [0.5, 0.6) is 0 Å². The number of rotatable bonds is 8. The van der Waals surface area contributed by atoms with E-state index in [0.29, 0.717) is 35.4 Å². The Hall–Kier alpha value is -3.34. The lowest BCUT2D eigenvalue weighted by Gasteiger charge is -2.12. The molecule has 2 heterocycles. The van der Waals surface area contributed by atoms with Crippen LogP contribution in [0.15, 0.2) is 36.5 Å². The van der Waals surface area contributed by atoms with Gasteiger partial charge in [-0.25, -0.2) is 0 Å². The molecule has 0 aliphatic carbocycles. The Morgan fingerprint density at radius 3 is 2.62 bits per heavy atom. The molecule has 0 saturated carbocycles. The van der Waals surface area contributed by atoms with E-state index in [0.717, 1.165) is 0 Å². The van der Waals surface area contributed by atoms with E-state index in [1.165, 1.54) is 0 Å². The van der Waals surface area contributed by atoms with E-state index in [-0.39, 0.29) is 17.7 Å². The third-order valence-electron chi connectivity index (χ3n) is 3.87. The third kappa shape index (κ3) is 5.57. The van der Waals surface area contributed by atoms with Gasteiger partial charge in [0.25, 0.3) is 5.91 Å². The van der Waals surface area contributed by atoms with Gasteiger partial charge >= 0.3 is 6.18 Å². The summed E-state index contributed by atoms with van der Waals surface area (Å²) < 4.78 is 42.5. The van der Waals surface area contributed by atoms with Gasteiger partial charge in [-0.05, 0) is 30.3 Å². The molecule has 154 valence electrons. The van der Waals surface area contributed by atoms with Crippen LogP contribution in [0.1, 0.15) is 10.4 Å². The Balaban J connectivity index is 1.73. The molecule has 0 spiro atoms. The summed E-state index contributed by atoms with van der Waals surface area (Å²) in [6, 6.07) is 8.11. The predicted octanol–water partition coefficient (Wildman–Crippen LogP) is 3.05. The molecule has 4 N–H and O–H groups in total. The largest absolute Gasteiger partial charge is 0.405 e. The monoisotopic (exact) mass is 408 g/mol. The number of aromatic amines is 1. The van der Waals surface area contributed by atoms with Crippen LogP contribution in [-0.4, -0.2) is 53.8 Å². The fraction of sp³-hybridized carbons (Fsp3) is 0.278. The van der Waals surface area contributed by atoms with Gasteiger partial charge in [0, 0.05) is 31.1 Å². The molecule has 3 rings (SSSR count). The molecule has 0 radical (unpaired) electrons. The number of fused-ring (bicyclic) bond motifs is 1. The molecule has 2 aromatic heterocycles. The number of carbonyl (C=O) groups excluding carboxylic acids is 1. The van der Waals surface area contributed by atoms with Crippen molar-refractivity contribution in [3.8, 4) is 0 Å². The van der Waals surface area contributed by atoms with Gasteiger partial charge in [0.05, 0.1) is 12.0 Å². The highest BCUT2D eigenvalue weighted by atomic mass is 19.4. The maximum Gasteiger partial charge on any atom is 0.405 e. The lowest BCUT2D eigenvalue weighted by atomic mass is 10.2. The second-order valence-electron chi connectivity index (χ2n) is 6.06. The molecule has 0 aliphatic rings. The zero-order valence-electron chi connectivity index (χ0n) is 15.4. The SMILES string of the molecule is COCCNC(=O)c1ccc(Nc2nc(NCC(F)(F)F)c3cc[nH]c3n2)cc1. The van der Waals surface area contributed by atoms with Crippen molar-refractivity contribution in [1.29, 1.82) is 0 Å². The quantitative estimate of drug-likeness (QED) is 0.427. The first-order valence-corrected chi connectivity index (χ1v) is 8.66. The molecule has 0 atom stereocenters. The van der Waals surface area contributed by atoms with Gasteiger partial charge in [-0.2, -0.15) is 23.1 Å². The maximum absolute atomic E-state index is 12.5. The van der Waals surface area contributed by atoms with E-state index in [9.17, 15) is 18.0 Å². The van der Waals surface area contributed by atoms with Gasteiger partial charge in [0.1, 0.15) is 18.0 Å². The Kier molecular flexibility index (Phi) is 6.17. The predicted molar refractivity (Wildman–Crippen MR) is 102 cm³/mol. The number of hydrogen-bond donors (Lipinski definition) is 4. The normalized spacial score (nSPS) is 11.4. The van der Waals surface area contributed by atoms with Crippen molar-refractivity contribution in [2.45, 2.75) is 6.18 Å². The Morgan fingerprint density at radius 1 is 1.17 bits per heavy atom. The third-order valence-corrected chi connectivity index (χ3v) is 3.87. The number of carbonyl (C=O) groups is 1. The summed E-state index contributed by atoms with van der Waals surface area (Å²) in [6.45, 7) is -0.404. The van der Waals surface area contributed by atoms with Gasteiger partial charge in [-0.1, -0.05) is 0 Å². The van der Waals surface area contributed by atoms with Gasteiger partial charge in [0.2, 0.25) is 5.95 Å². The Bertz CT molecular complexity index is 972. The molecular weight excluding hydrogens is 389 g/mol. The molecule has 8 nitrogen and oxygen atoms in total. The summed E-state index contributed by atoms with van der Waals surface area (Å²) in [5, 5.41) is 8.37. The van der Waals surface area contributed by atoms with Crippen LogP contribution in [-0.2, 0) is 4.74 Å². The van der Waals surface area contributed by atoms with Crippen molar-refractivity contribution in [3.05, 3.63) is 42.1 Å². The van der Waals surface area contributed by atoms with E-state index in [1.54, 1.807) is 43.6 Å². The van der Waals surface area contributed by atoms with Crippen molar-refractivity contribution in [1.82, 2.24) is 20.3 Å². The zero-order chi connectivity index (χ0) is 20.9. The molecular formula is C18H19F3N6O2. The van der Waals surface area contributed by atoms with Gasteiger partial charge in [-0.3, -0.25) is 4.79 Å². The second-order valence-corrected chi connectivity index (χ2v) is 6.06. The van der Waals surface area contributed by atoms with Crippen molar-refractivity contribution in [2.24, 2.45) is 0 Å². The molecule has 0 aliphatic heterocycles. The fourth-order valence-electron chi connectivity index (χ4n) is 2.52. The number of ether oxygens (including phenoxy) is 1. The topological polar surface area (TPSA) is 104 Å². The van der Waals surface area contributed by atoms with Crippen LogP contribution >= 0.6 is 0 Å². The highest BCUT2D eigenvalue weighted by molar-refractivity contribution is 5.94. The number of H-pyrrole nitrogens is 1. The van der Waals surface area contributed by atoms with E-state index in [1.807, 2.05) is 0 Å². The van der Waals surface area contributed by atoms with Crippen LogP contribution in [0.4, 0.5) is 30.6 Å². The highest BCUT2D eigenvalue weighted by Gasteiger charge is 2.27. The zero-order valence-corrected chi connectivity index (χ0v) is 15.4. The first-order chi connectivity index (χ1) is 13.9. The first kappa shape index (κ1) is 20.4. The number of methoxy groups -OCH3 is 1. The molecule has 3 aromatic rings. The summed E-state index contributed by atoms with van der Waals surface area (Å²) in [5.74, 6) is -0.0663. The number of halogens is 3. The lowest BCUT2D eigenvalue weighted by molar-refractivity contribution is -0.115. The Labute approximate surface area is 163 Å². The van der Waals surface area contributed by atoms with Crippen LogP contribution in [0.3, 0.4) is 0 Å². The Morgan fingerprint density at radius 2 is 1.93 bits per heavy atom. The minimum atomic E-state index is -4.37. The average molecular weight is 408 g/mol. The fourth-order valence-corrected chi connectivity index (χ4v) is 2.52. The molecule has 0 fully saturated rings. The van der Waals surface area contributed by atoms with E-state index in [2.05, 4.69) is 30.9 Å². The van der Waals surface area contributed by atoms with Crippen molar-refractivity contribution in [2.75, 3.05) is 37.4 Å². The van der Waals surface area contributed by atoms with Gasteiger partial charge in [0.15, 0.2) is 0 Å². The molecule has 1 aromatic carbocycles. The number of benzene rings is 1. The standard InChI is InChI=1S/C18H19F3N6O2/c1-29-9-8-23-16(28)11-2-4-12(5-3-11)25-17-26-14-13(6-7-22-14)15(27-17)24-10-18(19,20)21/h2-7H,8-10H2,1H3,(H,23,28)(H3,22,24,25,26,27). The van der Waals surface area contributed by atoms with Crippen LogP contribution in [0.2, 0.25) is 0 Å². The summed E-state index contributed by atoms with van der Waals surface area (Å²) in [7, 11) is 1.54. The highest BCUT2D eigenvalue weighted by Crippen LogP contribution is 2.24. The number of nitrogens with zero attached hydrogens (tertiary/aromatic N) is 2. The summed E-state index contributed by atoms with van der Waals surface area (Å²) in [4.78, 5) is 23.2. The number of alkyl halides is 3. The number of anilines is 3. The van der Waals surface area contributed by atoms with Gasteiger partial charge < -0.3 is 25.7 Å². The van der Waals surface area contributed by atoms with E-state index < -0.39 is 12.7 Å². The number of aromatic nitrogens is 3. The van der Waals surface area contributed by atoms with Crippen molar-refractivity contribution >= 4 is 34.4 Å². The second kappa shape index (κ2) is 8.78. The molecule has 0 saturated heterocycles. The van der Waals surface area contributed by atoms with Crippen molar-refractivity contribution in [3.63, 3.8) is 0 Å².